The highest BCUT2D eigenvalue weighted by Gasteiger charge is 2.33. The number of cyclic esters (lactones) is 1. The fourth-order valence-corrected chi connectivity index (χ4v) is 1.62. The third kappa shape index (κ3) is 2.78. The van der Waals surface area contributed by atoms with Crippen LogP contribution in [0, 0.1) is 11.7 Å². The van der Waals surface area contributed by atoms with E-state index >= 15 is 0 Å². The summed E-state index contributed by atoms with van der Waals surface area (Å²) in [5.41, 5.74) is 0.824. The first-order valence-corrected chi connectivity index (χ1v) is 5.28. The lowest BCUT2D eigenvalue weighted by Crippen LogP contribution is -2.13. The summed E-state index contributed by atoms with van der Waals surface area (Å²) in [6.07, 6.45) is 3.80. The van der Waals surface area contributed by atoms with Crippen molar-refractivity contribution in [1.82, 2.24) is 0 Å². The molecule has 0 N–H and O–H groups in total. The molecule has 0 amide bonds. The summed E-state index contributed by atoms with van der Waals surface area (Å²) >= 11 is 0. The number of halogens is 1. The van der Waals surface area contributed by atoms with Gasteiger partial charge in [-0.2, -0.15) is 0 Å². The standard InChI is InChI=1S/C13H11FO3/c14-10-6-4-9(5-7-10)2-1-3-11-12(15)8-17-13(11)16/h1-2,4-7,11H,3,8H2/b2-1+. The predicted octanol–water partition coefficient (Wildman–Crippen LogP) is 1.97. The van der Waals surface area contributed by atoms with E-state index in [1.54, 1.807) is 24.3 Å². The average molecular weight is 234 g/mol. The third-order valence-corrected chi connectivity index (χ3v) is 2.58. The van der Waals surface area contributed by atoms with E-state index in [0.717, 1.165) is 5.56 Å². The number of carbonyl (C=O) groups is 2. The molecular formula is C13H11FO3. The lowest BCUT2D eigenvalue weighted by molar-refractivity contribution is -0.141. The fraction of sp³-hybridized carbons (Fsp3) is 0.231. The minimum absolute atomic E-state index is 0.117. The van der Waals surface area contributed by atoms with Gasteiger partial charge in [0.1, 0.15) is 11.7 Å². The quantitative estimate of drug-likeness (QED) is 0.593. The van der Waals surface area contributed by atoms with E-state index in [0.29, 0.717) is 6.42 Å². The SMILES string of the molecule is O=C1COC(=O)C1C/C=C/c1ccc(F)cc1. The number of allylic oxidation sites excluding steroid dienone is 1. The average Bonchev–Trinajstić information content (AvgIpc) is 2.63. The third-order valence-electron chi connectivity index (χ3n) is 2.58. The van der Waals surface area contributed by atoms with Crippen LogP contribution < -0.4 is 0 Å². The molecule has 0 aliphatic carbocycles. The summed E-state index contributed by atoms with van der Waals surface area (Å²) < 4.78 is 17.3. The molecule has 4 heteroatoms. The summed E-state index contributed by atoms with van der Waals surface area (Å²) in [5.74, 6) is -1.61. The number of carbonyl (C=O) groups excluding carboxylic acids is 2. The Bertz CT molecular complexity index is 446. The van der Waals surface area contributed by atoms with Gasteiger partial charge in [0, 0.05) is 0 Å². The van der Waals surface area contributed by atoms with E-state index in [1.165, 1.54) is 12.1 Å². The summed E-state index contributed by atoms with van der Waals surface area (Å²) in [6.45, 7) is -0.117. The highest BCUT2D eigenvalue weighted by Crippen LogP contribution is 2.16. The van der Waals surface area contributed by atoms with Crippen LogP contribution in [-0.2, 0) is 14.3 Å². The Morgan fingerprint density at radius 3 is 2.59 bits per heavy atom. The Hall–Kier alpha value is -1.97. The topological polar surface area (TPSA) is 43.4 Å². The summed E-state index contributed by atoms with van der Waals surface area (Å²) in [5, 5.41) is 0. The van der Waals surface area contributed by atoms with Crippen LogP contribution in [0.25, 0.3) is 6.08 Å². The van der Waals surface area contributed by atoms with E-state index in [4.69, 9.17) is 0 Å². The summed E-state index contributed by atoms with van der Waals surface area (Å²) in [6, 6.07) is 5.96. The number of hydrogen-bond acceptors (Lipinski definition) is 3. The first-order valence-electron chi connectivity index (χ1n) is 5.28. The molecule has 1 aromatic carbocycles. The van der Waals surface area contributed by atoms with Crippen LogP contribution in [0.1, 0.15) is 12.0 Å². The molecule has 0 bridgehead atoms. The van der Waals surface area contributed by atoms with Crippen LogP contribution in [0.3, 0.4) is 0 Å². The van der Waals surface area contributed by atoms with Crippen LogP contribution in [0.2, 0.25) is 0 Å². The number of rotatable bonds is 3. The zero-order valence-corrected chi connectivity index (χ0v) is 9.06. The first-order chi connectivity index (χ1) is 8.16. The number of ether oxygens (including phenoxy) is 1. The van der Waals surface area contributed by atoms with Crippen LogP contribution in [0.5, 0.6) is 0 Å². The number of benzene rings is 1. The molecule has 0 spiro atoms. The molecule has 0 aromatic heterocycles. The zero-order valence-electron chi connectivity index (χ0n) is 9.06. The van der Waals surface area contributed by atoms with Crippen molar-refractivity contribution >= 4 is 17.8 Å². The first kappa shape index (κ1) is 11.5. The van der Waals surface area contributed by atoms with E-state index in [-0.39, 0.29) is 18.2 Å². The Morgan fingerprint density at radius 1 is 1.29 bits per heavy atom. The second kappa shape index (κ2) is 4.91. The lowest BCUT2D eigenvalue weighted by Gasteiger charge is -1.98. The lowest BCUT2D eigenvalue weighted by atomic mass is 10.0. The second-order valence-corrected chi connectivity index (χ2v) is 3.82. The molecule has 17 heavy (non-hydrogen) atoms. The van der Waals surface area contributed by atoms with Crippen molar-refractivity contribution in [3.05, 3.63) is 41.7 Å². The van der Waals surface area contributed by atoms with Gasteiger partial charge in [-0.25, -0.2) is 4.39 Å². The van der Waals surface area contributed by atoms with Crippen molar-refractivity contribution in [2.24, 2.45) is 5.92 Å². The van der Waals surface area contributed by atoms with Gasteiger partial charge in [0.25, 0.3) is 0 Å². The molecule has 1 aliphatic rings. The normalized spacial score (nSPS) is 19.9. The smallest absolute Gasteiger partial charge is 0.317 e. The summed E-state index contributed by atoms with van der Waals surface area (Å²) in [4.78, 5) is 22.4. The predicted molar refractivity (Wildman–Crippen MR) is 59.5 cm³/mol. The summed E-state index contributed by atoms with van der Waals surface area (Å²) in [7, 11) is 0. The molecular weight excluding hydrogens is 223 g/mol. The monoisotopic (exact) mass is 234 g/mol. The Morgan fingerprint density at radius 2 is 2.00 bits per heavy atom. The highest BCUT2D eigenvalue weighted by atomic mass is 19.1. The molecule has 0 saturated carbocycles. The van der Waals surface area contributed by atoms with Crippen molar-refractivity contribution in [3.8, 4) is 0 Å². The van der Waals surface area contributed by atoms with E-state index in [1.807, 2.05) is 0 Å². The van der Waals surface area contributed by atoms with Crippen LogP contribution in [0.15, 0.2) is 30.3 Å². The Kier molecular flexibility index (Phi) is 3.32. The highest BCUT2D eigenvalue weighted by molar-refractivity contribution is 6.04. The molecule has 0 radical (unpaired) electrons. The van der Waals surface area contributed by atoms with Gasteiger partial charge >= 0.3 is 5.97 Å². The van der Waals surface area contributed by atoms with Gasteiger partial charge in [-0.15, -0.1) is 0 Å². The van der Waals surface area contributed by atoms with Crippen molar-refractivity contribution in [1.29, 1.82) is 0 Å². The van der Waals surface area contributed by atoms with Gasteiger partial charge < -0.3 is 4.74 Å². The zero-order chi connectivity index (χ0) is 12.3. The van der Waals surface area contributed by atoms with Crippen molar-refractivity contribution in [2.45, 2.75) is 6.42 Å². The van der Waals surface area contributed by atoms with Crippen molar-refractivity contribution in [3.63, 3.8) is 0 Å². The van der Waals surface area contributed by atoms with Gasteiger partial charge in [0.15, 0.2) is 12.4 Å². The van der Waals surface area contributed by atoms with Gasteiger partial charge in [0.2, 0.25) is 0 Å². The molecule has 1 unspecified atom stereocenters. The van der Waals surface area contributed by atoms with Gasteiger partial charge in [0.05, 0.1) is 0 Å². The minimum Gasteiger partial charge on any atom is -0.457 e. The molecule has 3 nitrogen and oxygen atoms in total. The molecule has 1 aromatic rings. The molecule has 2 rings (SSSR count). The number of Topliss-reactive ketones (excluding diaryl/α,β-unsaturated/α-hetero) is 1. The van der Waals surface area contributed by atoms with Crippen LogP contribution >= 0.6 is 0 Å². The minimum atomic E-state index is -0.674. The number of ketones is 1. The number of hydrogen-bond donors (Lipinski definition) is 0. The molecule has 1 atom stereocenters. The van der Waals surface area contributed by atoms with Gasteiger partial charge in [-0.05, 0) is 24.1 Å². The van der Waals surface area contributed by atoms with E-state index < -0.39 is 11.9 Å². The van der Waals surface area contributed by atoms with Gasteiger partial charge in [-0.3, -0.25) is 9.59 Å². The molecule has 1 aliphatic heterocycles. The Balaban J connectivity index is 1.95. The second-order valence-electron chi connectivity index (χ2n) is 3.82. The molecule has 1 saturated heterocycles. The van der Waals surface area contributed by atoms with Crippen LogP contribution in [0.4, 0.5) is 4.39 Å². The molecule has 88 valence electrons. The number of esters is 1. The van der Waals surface area contributed by atoms with Gasteiger partial charge in [-0.1, -0.05) is 24.3 Å². The van der Waals surface area contributed by atoms with Crippen molar-refractivity contribution < 1.29 is 18.7 Å². The Labute approximate surface area is 97.9 Å². The fourth-order valence-electron chi connectivity index (χ4n) is 1.62. The molecule has 1 heterocycles. The van der Waals surface area contributed by atoms with E-state index in [2.05, 4.69) is 4.74 Å². The molecule has 1 fully saturated rings. The van der Waals surface area contributed by atoms with Crippen LogP contribution in [-0.4, -0.2) is 18.4 Å². The maximum Gasteiger partial charge on any atom is 0.317 e. The largest absolute Gasteiger partial charge is 0.457 e. The maximum atomic E-state index is 12.6. The maximum absolute atomic E-state index is 12.6. The van der Waals surface area contributed by atoms with E-state index in [9.17, 15) is 14.0 Å². The van der Waals surface area contributed by atoms with Crippen molar-refractivity contribution in [2.75, 3.05) is 6.61 Å².